The topological polar surface area (TPSA) is 55.1 Å². The van der Waals surface area contributed by atoms with Gasteiger partial charge in [0.15, 0.2) is 0 Å². The van der Waals surface area contributed by atoms with E-state index in [2.05, 4.69) is 50.4 Å². The van der Waals surface area contributed by atoms with E-state index in [1.807, 2.05) is 0 Å². The normalized spacial score (nSPS) is 22.2. The molecule has 0 aliphatic heterocycles. The minimum atomic E-state index is 0. The molecule has 1 aliphatic carbocycles. The van der Waals surface area contributed by atoms with E-state index < -0.39 is 0 Å². The molecule has 3 atom stereocenters. The van der Waals surface area contributed by atoms with Crippen molar-refractivity contribution in [3.05, 3.63) is 35.4 Å². The smallest absolute Gasteiger partial charge is 0.223 e. The Morgan fingerprint density at radius 3 is 2.36 bits per heavy atom. The summed E-state index contributed by atoms with van der Waals surface area (Å²) in [4.78, 5) is 12.4. The molecule has 1 aromatic rings. The molecule has 0 spiro atoms. The zero-order chi connectivity index (χ0) is 15.4. The van der Waals surface area contributed by atoms with Crippen LogP contribution < -0.4 is 11.1 Å². The molecule has 3 nitrogen and oxygen atoms in total. The van der Waals surface area contributed by atoms with Crippen molar-refractivity contribution in [2.75, 3.05) is 0 Å². The number of carbonyl (C=O) groups is 1. The van der Waals surface area contributed by atoms with Crippen LogP contribution in [0.15, 0.2) is 24.3 Å². The minimum Gasteiger partial charge on any atom is -0.349 e. The first kappa shape index (κ1) is 19.0. The Balaban J connectivity index is 0.00000242. The van der Waals surface area contributed by atoms with E-state index in [4.69, 9.17) is 5.73 Å². The minimum absolute atomic E-state index is 0. The lowest BCUT2D eigenvalue weighted by atomic mass is 9.94. The largest absolute Gasteiger partial charge is 0.349 e. The molecule has 1 saturated carbocycles. The summed E-state index contributed by atoms with van der Waals surface area (Å²) in [7, 11) is 0. The summed E-state index contributed by atoms with van der Waals surface area (Å²) >= 11 is 0. The van der Waals surface area contributed by atoms with Crippen LogP contribution in [0.4, 0.5) is 0 Å². The summed E-state index contributed by atoms with van der Waals surface area (Å²) in [5, 5.41) is 3.24. The fraction of sp³-hybridized carbons (Fsp3) is 0.611. The van der Waals surface area contributed by atoms with Crippen molar-refractivity contribution in [2.24, 2.45) is 17.6 Å². The molecule has 1 aliphatic rings. The van der Waals surface area contributed by atoms with Crippen LogP contribution in [-0.2, 0) is 11.2 Å². The molecule has 22 heavy (non-hydrogen) atoms. The Morgan fingerprint density at radius 2 is 1.91 bits per heavy atom. The first-order valence-corrected chi connectivity index (χ1v) is 8.16. The van der Waals surface area contributed by atoms with E-state index in [0.29, 0.717) is 5.92 Å². The molecule has 0 radical (unpaired) electrons. The predicted molar refractivity (Wildman–Crippen MR) is 94.1 cm³/mol. The standard InChI is InChI=1S/C18H28N2O.ClH/c1-4-13-5-7-14(8-6-13)17(12(2)3)20-18(21)15-9-10-16(19)11-15;/h5-8,12,15-17H,4,9-11,19H2,1-3H3,(H,20,21);1H. The summed E-state index contributed by atoms with van der Waals surface area (Å²) < 4.78 is 0. The lowest BCUT2D eigenvalue weighted by Crippen LogP contribution is -2.36. The summed E-state index contributed by atoms with van der Waals surface area (Å²) in [6, 6.07) is 8.88. The van der Waals surface area contributed by atoms with Crippen molar-refractivity contribution in [1.29, 1.82) is 0 Å². The molecule has 0 heterocycles. The van der Waals surface area contributed by atoms with Gasteiger partial charge in [0.2, 0.25) is 5.91 Å². The second-order valence-electron chi connectivity index (χ2n) is 6.60. The van der Waals surface area contributed by atoms with Crippen LogP contribution in [0.2, 0.25) is 0 Å². The molecule has 124 valence electrons. The van der Waals surface area contributed by atoms with Gasteiger partial charge in [0.05, 0.1) is 6.04 Å². The zero-order valence-corrected chi connectivity index (χ0v) is 14.7. The van der Waals surface area contributed by atoms with Gasteiger partial charge in [0.25, 0.3) is 0 Å². The number of nitrogens with two attached hydrogens (primary N) is 1. The average molecular weight is 325 g/mol. The first-order chi connectivity index (χ1) is 10.0. The van der Waals surface area contributed by atoms with Crippen molar-refractivity contribution in [3.8, 4) is 0 Å². The molecule has 2 rings (SSSR count). The number of hydrogen-bond acceptors (Lipinski definition) is 2. The lowest BCUT2D eigenvalue weighted by Gasteiger charge is -2.25. The van der Waals surface area contributed by atoms with Crippen molar-refractivity contribution < 1.29 is 4.79 Å². The SMILES string of the molecule is CCc1ccc(C(NC(=O)C2CCC(N)C2)C(C)C)cc1.Cl. The fourth-order valence-corrected chi connectivity index (χ4v) is 3.12. The quantitative estimate of drug-likeness (QED) is 0.869. The van der Waals surface area contributed by atoms with Crippen LogP contribution in [-0.4, -0.2) is 11.9 Å². The van der Waals surface area contributed by atoms with Crippen LogP contribution in [0.1, 0.15) is 57.2 Å². The number of carbonyl (C=O) groups excluding carboxylic acids is 1. The Labute approximate surface area is 140 Å². The van der Waals surface area contributed by atoms with Crippen LogP contribution in [0, 0.1) is 11.8 Å². The van der Waals surface area contributed by atoms with Crippen molar-refractivity contribution in [3.63, 3.8) is 0 Å². The maximum atomic E-state index is 12.4. The maximum Gasteiger partial charge on any atom is 0.223 e. The second-order valence-corrected chi connectivity index (χ2v) is 6.60. The van der Waals surface area contributed by atoms with Crippen LogP contribution in [0.5, 0.6) is 0 Å². The third-order valence-electron chi connectivity index (χ3n) is 4.56. The lowest BCUT2D eigenvalue weighted by molar-refractivity contribution is -0.125. The summed E-state index contributed by atoms with van der Waals surface area (Å²) in [5.74, 6) is 0.633. The fourth-order valence-electron chi connectivity index (χ4n) is 3.12. The van der Waals surface area contributed by atoms with E-state index in [1.54, 1.807) is 0 Å². The van der Waals surface area contributed by atoms with Gasteiger partial charge in [-0.1, -0.05) is 45.0 Å². The molecule has 3 N–H and O–H groups in total. The zero-order valence-electron chi connectivity index (χ0n) is 13.8. The number of nitrogens with one attached hydrogen (secondary N) is 1. The molecular formula is C18H29ClN2O. The molecule has 1 fully saturated rings. The van der Waals surface area contributed by atoms with Gasteiger partial charge < -0.3 is 11.1 Å². The Bertz CT molecular complexity index is 472. The van der Waals surface area contributed by atoms with Gasteiger partial charge in [-0.25, -0.2) is 0 Å². The third kappa shape index (κ3) is 4.72. The highest BCUT2D eigenvalue weighted by Gasteiger charge is 2.29. The summed E-state index contributed by atoms with van der Waals surface area (Å²) in [6.45, 7) is 6.46. The van der Waals surface area contributed by atoms with Crippen molar-refractivity contribution in [1.82, 2.24) is 5.32 Å². The average Bonchev–Trinajstić information content (AvgIpc) is 2.91. The van der Waals surface area contributed by atoms with Crippen molar-refractivity contribution >= 4 is 18.3 Å². The van der Waals surface area contributed by atoms with Gasteiger partial charge in [-0.05, 0) is 42.7 Å². The second kappa shape index (κ2) is 8.54. The third-order valence-corrected chi connectivity index (χ3v) is 4.56. The van der Waals surface area contributed by atoms with Crippen LogP contribution >= 0.6 is 12.4 Å². The van der Waals surface area contributed by atoms with Gasteiger partial charge in [-0.2, -0.15) is 0 Å². The van der Waals surface area contributed by atoms with Gasteiger partial charge in [-0.3, -0.25) is 4.79 Å². The van der Waals surface area contributed by atoms with Gasteiger partial charge in [0.1, 0.15) is 0 Å². The number of benzene rings is 1. The van der Waals surface area contributed by atoms with Crippen LogP contribution in [0.25, 0.3) is 0 Å². The molecule has 0 saturated heterocycles. The molecule has 3 unspecified atom stereocenters. The molecule has 0 aromatic heterocycles. The van der Waals surface area contributed by atoms with Gasteiger partial charge in [-0.15, -0.1) is 12.4 Å². The molecule has 4 heteroatoms. The van der Waals surface area contributed by atoms with E-state index in [9.17, 15) is 4.79 Å². The van der Waals surface area contributed by atoms with E-state index in [-0.39, 0.29) is 36.3 Å². The highest BCUT2D eigenvalue weighted by atomic mass is 35.5. The molecule has 1 aromatic carbocycles. The van der Waals surface area contributed by atoms with Gasteiger partial charge in [0, 0.05) is 12.0 Å². The monoisotopic (exact) mass is 324 g/mol. The maximum absolute atomic E-state index is 12.4. The molecule has 0 bridgehead atoms. The van der Waals surface area contributed by atoms with E-state index >= 15 is 0 Å². The number of rotatable bonds is 5. The van der Waals surface area contributed by atoms with Crippen molar-refractivity contribution in [2.45, 2.75) is 58.5 Å². The first-order valence-electron chi connectivity index (χ1n) is 8.16. The number of amides is 1. The predicted octanol–water partition coefficient (Wildman–Crippen LogP) is 3.61. The Hall–Kier alpha value is -1.06. The number of hydrogen-bond donors (Lipinski definition) is 2. The van der Waals surface area contributed by atoms with Gasteiger partial charge >= 0.3 is 0 Å². The number of aryl methyl sites for hydroxylation is 1. The Morgan fingerprint density at radius 1 is 1.27 bits per heavy atom. The highest BCUT2D eigenvalue weighted by molar-refractivity contribution is 5.85. The van der Waals surface area contributed by atoms with Crippen LogP contribution in [0.3, 0.4) is 0 Å². The Kier molecular flexibility index (Phi) is 7.37. The summed E-state index contributed by atoms with van der Waals surface area (Å²) in [5.41, 5.74) is 8.44. The van der Waals surface area contributed by atoms with E-state index in [1.165, 1.54) is 11.1 Å². The number of halogens is 1. The summed E-state index contributed by atoms with van der Waals surface area (Å²) in [6.07, 6.45) is 3.76. The highest BCUT2D eigenvalue weighted by Crippen LogP contribution is 2.27. The molecular weight excluding hydrogens is 296 g/mol. The van der Waals surface area contributed by atoms with E-state index in [0.717, 1.165) is 25.7 Å². The molecule has 1 amide bonds.